The van der Waals surface area contributed by atoms with E-state index in [1.54, 1.807) is 0 Å². The van der Waals surface area contributed by atoms with E-state index in [2.05, 4.69) is 29.0 Å². The first kappa shape index (κ1) is 14.1. The van der Waals surface area contributed by atoms with Gasteiger partial charge < -0.3 is 15.2 Å². The summed E-state index contributed by atoms with van der Waals surface area (Å²) in [6, 6.07) is 3.78. The number of aromatic amines is 1. The molecular weight excluding hydrogens is 240 g/mol. The molecule has 0 aromatic carbocycles. The zero-order valence-electron chi connectivity index (χ0n) is 11.9. The molecule has 1 aromatic rings. The first-order valence-corrected chi connectivity index (χ1v) is 7.14. The van der Waals surface area contributed by atoms with Gasteiger partial charge in [-0.25, -0.2) is 0 Å². The van der Waals surface area contributed by atoms with Crippen molar-refractivity contribution in [2.75, 3.05) is 39.3 Å². The van der Waals surface area contributed by atoms with Crippen LogP contribution in [0.5, 0.6) is 0 Å². The number of piperazine rings is 1. The van der Waals surface area contributed by atoms with Crippen molar-refractivity contribution in [1.29, 1.82) is 0 Å². The van der Waals surface area contributed by atoms with Gasteiger partial charge in [0, 0.05) is 38.1 Å². The summed E-state index contributed by atoms with van der Waals surface area (Å²) in [5, 5.41) is 3.29. The van der Waals surface area contributed by atoms with Crippen molar-refractivity contribution in [3.05, 3.63) is 24.0 Å². The number of hydrogen-bond acceptors (Lipinski definition) is 3. The minimum Gasteiger partial charge on any atom is -0.363 e. The van der Waals surface area contributed by atoms with Crippen molar-refractivity contribution in [3.63, 3.8) is 0 Å². The van der Waals surface area contributed by atoms with Gasteiger partial charge in [-0.1, -0.05) is 13.8 Å². The quantitative estimate of drug-likeness (QED) is 0.828. The molecule has 1 atom stereocenters. The van der Waals surface area contributed by atoms with Crippen molar-refractivity contribution in [2.45, 2.75) is 19.9 Å². The molecule has 1 aliphatic rings. The second kappa shape index (κ2) is 6.73. The molecule has 1 saturated heterocycles. The van der Waals surface area contributed by atoms with Crippen LogP contribution in [0.3, 0.4) is 0 Å². The number of carbonyl (C=O) groups is 1. The molecule has 2 heterocycles. The van der Waals surface area contributed by atoms with Crippen molar-refractivity contribution >= 4 is 5.91 Å². The van der Waals surface area contributed by atoms with Gasteiger partial charge in [0.25, 0.3) is 0 Å². The van der Waals surface area contributed by atoms with Gasteiger partial charge in [-0.3, -0.25) is 9.69 Å². The smallest absolute Gasteiger partial charge is 0.246 e. The van der Waals surface area contributed by atoms with Gasteiger partial charge in [-0.05, 0) is 25.2 Å². The van der Waals surface area contributed by atoms with Gasteiger partial charge >= 0.3 is 0 Å². The lowest BCUT2D eigenvalue weighted by Gasteiger charge is -2.35. The molecule has 0 saturated carbocycles. The molecular formula is C14H24N4O. The Balaban J connectivity index is 2.18. The number of likely N-dealkylation sites (N-methyl/N-ethyl adjacent to an activating group) is 1. The first-order chi connectivity index (χ1) is 9.27. The second-order valence-corrected chi connectivity index (χ2v) is 4.82. The maximum atomic E-state index is 12.8. The zero-order valence-corrected chi connectivity index (χ0v) is 11.9. The molecule has 2 N–H and O–H groups in total. The topological polar surface area (TPSA) is 51.4 Å². The average Bonchev–Trinajstić information content (AvgIpc) is 2.98. The maximum absolute atomic E-state index is 12.8. The Hall–Kier alpha value is -1.33. The highest BCUT2D eigenvalue weighted by Gasteiger charge is 2.31. The Bertz CT molecular complexity index is 380. The Morgan fingerprint density at radius 2 is 2.05 bits per heavy atom. The van der Waals surface area contributed by atoms with Crippen molar-refractivity contribution in [1.82, 2.24) is 20.1 Å². The summed E-state index contributed by atoms with van der Waals surface area (Å²) in [7, 11) is 0. The van der Waals surface area contributed by atoms with Crippen LogP contribution in [-0.2, 0) is 4.79 Å². The lowest BCUT2D eigenvalue weighted by atomic mass is 10.1. The van der Waals surface area contributed by atoms with E-state index < -0.39 is 0 Å². The van der Waals surface area contributed by atoms with Crippen LogP contribution in [0.4, 0.5) is 0 Å². The molecule has 1 fully saturated rings. The summed E-state index contributed by atoms with van der Waals surface area (Å²) >= 11 is 0. The van der Waals surface area contributed by atoms with Gasteiger partial charge in [0.2, 0.25) is 5.91 Å². The predicted octanol–water partition coefficient (Wildman–Crippen LogP) is 0.829. The minimum absolute atomic E-state index is 0.178. The lowest BCUT2D eigenvalue weighted by Crippen LogP contribution is -2.50. The Morgan fingerprint density at radius 3 is 2.58 bits per heavy atom. The van der Waals surface area contributed by atoms with Crippen LogP contribution < -0.4 is 5.32 Å². The fraction of sp³-hybridized carbons (Fsp3) is 0.643. The van der Waals surface area contributed by atoms with E-state index >= 15 is 0 Å². The Morgan fingerprint density at radius 1 is 1.37 bits per heavy atom. The van der Waals surface area contributed by atoms with E-state index in [4.69, 9.17) is 0 Å². The SMILES string of the molecule is CCN(CC)C(C(=O)N1CCNCC1)c1ccc[nH]1. The predicted molar refractivity (Wildman–Crippen MR) is 75.9 cm³/mol. The molecule has 0 aliphatic carbocycles. The molecule has 2 rings (SSSR count). The van der Waals surface area contributed by atoms with Gasteiger partial charge in [-0.15, -0.1) is 0 Å². The normalized spacial score (nSPS) is 17.7. The fourth-order valence-corrected chi connectivity index (χ4v) is 2.65. The molecule has 1 amide bonds. The van der Waals surface area contributed by atoms with E-state index in [1.807, 2.05) is 23.2 Å². The summed E-state index contributed by atoms with van der Waals surface area (Å²) in [5.41, 5.74) is 0.993. The maximum Gasteiger partial charge on any atom is 0.246 e. The summed E-state index contributed by atoms with van der Waals surface area (Å²) < 4.78 is 0. The highest BCUT2D eigenvalue weighted by atomic mass is 16.2. The van der Waals surface area contributed by atoms with Crippen molar-refractivity contribution in [3.8, 4) is 0 Å². The van der Waals surface area contributed by atoms with Gasteiger partial charge in [0.05, 0.1) is 0 Å². The first-order valence-electron chi connectivity index (χ1n) is 7.14. The number of hydrogen-bond donors (Lipinski definition) is 2. The third kappa shape index (κ3) is 3.16. The molecule has 1 unspecified atom stereocenters. The molecule has 5 nitrogen and oxygen atoms in total. The third-order valence-electron chi connectivity index (χ3n) is 3.76. The number of aromatic nitrogens is 1. The Kier molecular flexibility index (Phi) is 4.99. The minimum atomic E-state index is -0.178. The van der Waals surface area contributed by atoms with Crippen molar-refractivity contribution < 1.29 is 4.79 Å². The molecule has 106 valence electrons. The average molecular weight is 264 g/mol. The largest absolute Gasteiger partial charge is 0.363 e. The number of rotatable bonds is 5. The lowest BCUT2D eigenvalue weighted by molar-refractivity contribution is -0.138. The summed E-state index contributed by atoms with van der Waals surface area (Å²) in [6.45, 7) is 9.34. The van der Waals surface area contributed by atoms with E-state index in [9.17, 15) is 4.79 Å². The fourth-order valence-electron chi connectivity index (χ4n) is 2.65. The Labute approximate surface area is 115 Å². The highest BCUT2D eigenvalue weighted by Crippen LogP contribution is 2.21. The number of H-pyrrole nitrogens is 1. The van der Waals surface area contributed by atoms with E-state index in [0.29, 0.717) is 0 Å². The number of nitrogens with one attached hydrogen (secondary N) is 2. The van der Waals surface area contributed by atoms with Gasteiger partial charge in [-0.2, -0.15) is 0 Å². The van der Waals surface area contributed by atoms with Crippen LogP contribution in [0, 0.1) is 0 Å². The number of nitrogens with zero attached hydrogens (tertiary/aromatic N) is 2. The van der Waals surface area contributed by atoms with E-state index in [1.165, 1.54) is 0 Å². The van der Waals surface area contributed by atoms with Crippen LogP contribution in [0.2, 0.25) is 0 Å². The van der Waals surface area contributed by atoms with Crippen LogP contribution in [0.15, 0.2) is 18.3 Å². The number of carbonyl (C=O) groups excluding carboxylic acids is 1. The highest BCUT2D eigenvalue weighted by molar-refractivity contribution is 5.83. The third-order valence-corrected chi connectivity index (χ3v) is 3.76. The molecule has 0 radical (unpaired) electrons. The molecule has 1 aromatic heterocycles. The molecule has 0 bridgehead atoms. The van der Waals surface area contributed by atoms with Crippen LogP contribution >= 0.6 is 0 Å². The zero-order chi connectivity index (χ0) is 13.7. The molecule has 19 heavy (non-hydrogen) atoms. The monoisotopic (exact) mass is 264 g/mol. The summed E-state index contributed by atoms with van der Waals surface area (Å²) in [4.78, 5) is 20.2. The van der Waals surface area contributed by atoms with E-state index in [0.717, 1.165) is 45.0 Å². The molecule has 1 aliphatic heterocycles. The molecule has 5 heteroatoms. The summed E-state index contributed by atoms with van der Waals surface area (Å²) in [6.07, 6.45) is 1.89. The van der Waals surface area contributed by atoms with E-state index in [-0.39, 0.29) is 11.9 Å². The number of amides is 1. The van der Waals surface area contributed by atoms with Crippen LogP contribution in [-0.4, -0.2) is 60.0 Å². The second-order valence-electron chi connectivity index (χ2n) is 4.82. The van der Waals surface area contributed by atoms with Gasteiger partial charge in [0.1, 0.15) is 6.04 Å². The van der Waals surface area contributed by atoms with Gasteiger partial charge in [0.15, 0.2) is 0 Å². The molecule has 0 spiro atoms. The van der Waals surface area contributed by atoms with Crippen molar-refractivity contribution in [2.24, 2.45) is 0 Å². The standard InChI is InChI=1S/C14H24N4O/c1-3-17(4-2)13(12-6-5-7-16-12)14(19)18-10-8-15-9-11-18/h5-7,13,15-16H,3-4,8-11H2,1-2H3. The van der Waals surface area contributed by atoms with Crippen LogP contribution in [0.1, 0.15) is 25.6 Å². The van der Waals surface area contributed by atoms with Crippen LogP contribution in [0.25, 0.3) is 0 Å². The summed E-state index contributed by atoms with van der Waals surface area (Å²) in [5.74, 6) is 0.215.